The van der Waals surface area contributed by atoms with E-state index in [0.29, 0.717) is 12.2 Å². The third-order valence-corrected chi connectivity index (χ3v) is 5.22. The number of hydrogen-bond acceptors (Lipinski definition) is 6. The largest absolute Gasteiger partial charge is 0.489 e. The van der Waals surface area contributed by atoms with Gasteiger partial charge in [-0.25, -0.2) is 0 Å². The number of nitrogens with one attached hydrogen (secondary N) is 1. The molecule has 0 spiro atoms. The van der Waals surface area contributed by atoms with Crippen LogP contribution in [0.2, 0.25) is 0 Å². The van der Waals surface area contributed by atoms with E-state index in [2.05, 4.69) is 5.32 Å². The fourth-order valence-corrected chi connectivity index (χ4v) is 3.76. The summed E-state index contributed by atoms with van der Waals surface area (Å²) in [5.74, 6) is 0.0122. The van der Waals surface area contributed by atoms with Crippen molar-refractivity contribution in [3.05, 3.63) is 65.2 Å². The fourth-order valence-electron chi connectivity index (χ4n) is 2.90. The zero-order valence-electron chi connectivity index (χ0n) is 15.6. The van der Waals surface area contributed by atoms with Crippen molar-refractivity contribution < 1.29 is 23.9 Å². The minimum Gasteiger partial charge on any atom is -0.489 e. The Morgan fingerprint density at radius 3 is 2.54 bits per heavy atom. The van der Waals surface area contributed by atoms with Crippen LogP contribution in [0.1, 0.15) is 29.7 Å². The summed E-state index contributed by atoms with van der Waals surface area (Å²) in [6.45, 7) is 3.54. The maximum atomic E-state index is 11.7. The van der Waals surface area contributed by atoms with Gasteiger partial charge >= 0.3 is 5.97 Å². The third kappa shape index (κ3) is 5.36. The van der Waals surface area contributed by atoms with Gasteiger partial charge in [0.2, 0.25) is 5.91 Å². The highest BCUT2D eigenvalue weighted by molar-refractivity contribution is 8.15. The van der Waals surface area contributed by atoms with Crippen LogP contribution in [0.4, 0.5) is 4.79 Å². The second-order valence-electron chi connectivity index (χ2n) is 6.55. The lowest BCUT2D eigenvalue weighted by Gasteiger charge is -2.19. The first-order valence-electron chi connectivity index (χ1n) is 8.87. The van der Waals surface area contributed by atoms with Gasteiger partial charge in [-0.2, -0.15) is 0 Å². The molecule has 2 aromatic rings. The summed E-state index contributed by atoms with van der Waals surface area (Å²) in [6, 6.07) is 15.1. The topological polar surface area (TPSA) is 81.7 Å². The predicted octanol–water partition coefficient (Wildman–Crippen LogP) is 3.57. The number of ether oxygens (including phenoxy) is 2. The molecule has 2 atom stereocenters. The zero-order chi connectivity index (χ0) is 20.1. The summed E-state index contributed by atoms with van der Waals surface area (Å²) >= 11 is 1.01. The summed E-state index contributed by atoms with van der Waals surface area (Å²) in [6.07, 6.45) is -0.0244. The monoisotopic (exact) mass is 399 g/mol. The molecule has 0 bridgehead atoms. The van der Waals surface area contributed by atoms with Gasteiger partial charge in [0.05, 0.1) is 5.25 Å². The molecular formula is C21H21NO5S. The van der Waals surface area contributed by atoms with Gasteiger partial charge in [-0.15, -0.1) is 0 Å². The van der Waals surface area contributed by atoms with Crippen LogP contribution in [-0.4, -0.2) is 29.0 Å². The van der Waals surface area contributed by atoms with Gasteiger partial charge in [-0.1, -0.05) is 53.7 Å². The van der Waals surface area contributed by atoms with E-state index in [1.54, 1.807) is 12.1 Å². The molecule has 1 fully saturated rings. The van der Waals surface area contributed by atoms with Crippen molar-refractivity contribution in [3.63, 3.8) is 0 Å². The summed E-state index contributed by atoms with van der Waals surface area (Å²) in [5, 5.41) is 1.59. The second-order valence-corrected chi connectivity index (χ2v) is 7.73. The van der Waals surface area contributed by atoms with Gasteiger partial charge in [0.1, 0.15) is 12.4 Å². The molecule has 0 saturated carbocycles. The van der Waals surface area contributed by atoms with Gasteiger partial charge in [-0.3, -0.25) is 19.7 Å². The Bertz CT molecular complexity index is 881. The second kappa shape index (κ2) is 8.93. The minimum atomic E-state index is -0.498. The molecule has 1 N–H and O–H groups in total. The lowest BCUT2D eigenvalue weighted by molar-refractivity contribution is -0.148. The molecule has 1 aliphatic heterocycles. The van der Waals surface area contributed by atoms with E-state index in [9.17, 15) is 14.4 Å². The molecule has 0 aromatic heterocycles. The normalized spacial score (nSPS) is 17.1. The first kappa shape index (κ1) is 19.9. The van der Waals surface area contributed by atoms with Crippen molar-refractivity contribution in [2.24, 2.45) is 0 Å². The van der Waals surface area contributed by atoms with E-state index in [0.717, 1.165) is 28.5 Å². The Labute approximate surface area is 167 Å². The highest BCUT2D eigenvalue weighted by atomic mass is 32.2. The number of carbonyl (C=O) groups excluding carboxylic acids is 3. The average Bonchev–Trinajstić information content (AvgIpc) is 2.96. The molecule has 1 heterocycles. The SMILES string of the molecule is CC(=O)O[C@H](COc1ccc(CC2SC(=O)NC2=O)cc1)c1cccc(C)c1. The van der Waals surface area contributed by atoms with Crippen LogP contribution in [0.5, 0.6) is 5.75 Å². The fraction of sp³-hybridized carbons (Fsp3) is 0.286. The number of thioether (sulfide) groups is 1. The molecule has 1 saturated heterocycles. The van der Waals surface area contributed by atoms with Gasteiger partial charge in [-0.05, 0) is 36.6 Å². The van der Waals surface area contributed by atoms with E-state index in [-0.39, 0.29) is 23.7 Å². The van der Waals surface area contributed by atoms with Crippen LogP contribution in [0.3, 0.4) is 0 Å². The van der Waals surface area contributed by atoms with Gasteiger partial charge in [0, 0.05) is 6.92 Å². The van der Waals surface area contributed by atoms with Crippen molar-refractivity contribution in [2.45, 2.75) is 31.6 Å². The molecular weight excluding hydrogens is 378 g/mol. The lowest BCUT2D eigenvalue weighted by atomic mass is 10.1. The summed E-state index contributed by atoms with van der Waals surface area (Å²) < 4.78 is 11.2. The Morgan fingerprint density at radius 1 is 1.18 bits per heavy atom. The van der Waals surface area contributed by atoms with Crippen molar-refractivity contribution >= 4 is 28.9 Å². The maximum Gasteiger partial charge on any atom is 0.303 e. The van der Waals surface area contributed by atoms with Crippen LogP contribution in [0, 0.1) is 6.92 Å². The van der Waals surface area contributed by atoms with E-state index in [1.807, 2.05) is 43.3 Å². The standard InChI is InChI=1S/C21H21NO5S/c1-13-4-3-5-16(10-13)18(27-14(2)23)12-26-17-8-6-15(7-9-17)11-19-20(24)22-21(25)28-19/h3-10,18-19H,11-12H2,1-2H3,(H,22,24,25)/t18-,19?/m1/s1. The van der Waals surface area contributed by atoms with E-state index in [4.69, 9.17) is 9.47 Å². The highest BCUT2D eigenvalue weighted by Crippen LogP contribution is 2.25. The average molecular weight is 399 g/mol. The molecule has 28 heavy (non-hydrogen) atoms. The molecule has 1 aliphatic rings. The zero-order valence-corrected chi connectivity index (χ0v) is 16.5. The Kier molecular flexibility index (Phi) is 6.36. The molecule has 2 amide bonds. The first-order valence-corrected chi connectivity index (χ1v) is 9.75. The van der Waals surface area contributed by atoms with Crippen molar-refractivity contribution in [2.75, 3.05) is 6.61 Å². The number of aryl methyl sites for hydroxylation is 1. The Hall–Kier alpha value is -2.80. The number of hydrogen-bond donors (Lipinski definition) is 1. The van der Waals surface area contributed by atoms with E-state index in [1.165, 1.54) is 6.92 Å². The Balaban J connectivity index is 1.61. The summed E-state index contributed by atoms with van der Waals surface area (Å²) in [5.41, 5.74) is 2.89. The van der Waals surface area contributed by atoms with Crippen LogP contribution in [-0.2, 0) is 20.7 Å². The van der Waals surface area contributed by atoms with Crippen LogP contribution in [0.25, 0.3) is 0 Å². The van der Waals surface area contributed by atoms with Crippen molar-refractivity contribution in [1.29, 1.82) is 0 Å². The molecule has 6 nitrogen and oxygen atoms in total. The number of esters is 1. The molecule has 2 aromatic carbocycles. The molecule has 3 rings (SSSR count). The van der Waals surface area contributed by atoms with Crippen molar-refractivity contribution in [1.82, 2.24) is 5.32 Å². The number of rotatable bonds is 7. The number of carbonyl (C=O) groups is 3. The smallest absolute Gasteiger partial charge is 0.303 e. The predicted molar refractivity (Wildman–Crippen MR) is 106 cm³/mol. The maximum absolute atomic E-state index is 11.7. The van der Waals surface area contributed by atoms with Gasteiger partial charge in [0.25, 0.3) is 5.24 Å². The molecule has 0 radical (unpaired) electrons. The third-order valence-electron chi connectivity index (χ3n) is 4.23. The number of amides is 2. The summed E-state index contributed by atoms with van der Waals surface area (Å²) in [4.78, 5) is 34.4. The molecule has 7 heteroatoms. The van der Waals surface area contributed by atoms with Crippen LogP contribution >= 0.6 is 11.8 Å². The first-order chi connectivity index (χ1) is 13.4. The number of imide groups is 1. The quantitative estimate of drug-likeness (QED) is 0.717. The van der Waals surface area contributed by atoms with E-state index < -0.39 is 11.4 Å². The Morgan fingerprint density at radius 2 is 1.93 bits per heavy atom. The van der Waals surface area contributed by atoms with Gasteiger partial charge < -0.3 is 9.47 Å². The highest BCUT2D eigenvalue weighted by Gasteiger charge is 2.31. The van der Waals surface area contributed by atoms with Crippen LogP contribution < -0.4 is 10.1 Å². The van der Waals surface area contributed by atoms with Gasteiger partial charge in [0.15, 0.2) is 6.10 Å². The molecule has 0 aliphatic carbocycles. The molecule has 146 valence electrons. The van der Waals surface area contributed by atoms with Crippen molar-refractivity contribution in [3.8, 4) is 5.75 Å². The van der Waals surface area contributed by atoms with Crippen LogP contribution in [0.15, 0.2) is 48.5 Å². The summed E-state index contributed by atoms with van der Waals surface area (Å²) in [7, 11) is 0. The minimum absolute atomic E-state index is 0.192. The number of benzene rings is 2. The lowest BCUT2D eigenvalue weighted by Crippen LogP contribution is -2.25. The van der Waals surface area contributed by atoms with E-state index >= 15 is 0 Å². The molecule has 1 unspecified atom stereocenters.